The van der Waals surface area contributed by atoms with Gasteiger partial charge in [-0.25, -0.2) is 4.79 Å². The Balaban J connectivity index is 1.32. The van der Waals surface area contributed by atoms with Gasteiger partial charge in [-0.3, -0.25) is 4.79 Å². The Hall–Kier alpha value is -3.06. The topological polar surface area (TPSA) is 71.1 Å². The summed E-state index contributed by atoms with van der Waals surface area (Å²) in [5.41, 5.74) is 1.87. The van der Waals surface area contributed by atoms with E-state index in [4.69, 9.17) is 9.47 Å². The van der Waals surface area contributed by atoms with Crippen LogP contribution in [0.5, 0.6) is 5.75 Å². The highest BCUT2D eigenvalue weighted by molar-refractivity contribution is 5.89. The normalized spacial score (nSPS) is 13.8. The van der Waals surface area contributed by atoms with Gasteiger partial charge >= 0.3 is 6.03 Å². The van der Waals surface area contributed by atoms with Crippen molar-refractivity contribution in [2.24, 2.45) is 0 Å². The van der Waals surface area contributed by atoms with Crippen molar-refractivity contribution in [1.82, 2.24) is 9.80 Å². The molecule has 1 N–H and O–H groups in total. The van der Waals surface area contributed by atoms with Crippen molar-refractivity contribution in [1.29, 1.82) is 0 Å². The van der Waals surface area contributed by atoms with Gasteiger partial charge in [0.05, 0.1) is 6.61 Å². The molecule has 7 nitrogen and oxygen atoms in total. The second kappa shape index (κ2) is 10.5. The molecular formula is C22H27N3O4. The number of carbonyl (C=O) groups excluding carboxylic acids is 2. The van der Waals surface area contributed by atoms with Crippen LogP contribution in [0.4, 0.5) is 10.5 Å². The predicted octanol–water partition coefficient (Wildman–Crippen LogP) is 2.77. The zero-order valence-corrected chi connectivity index (χ0v) is 16.7. The lowest BCUT2D eigenvalue weighted by atomic mass is 10.2. The van der Waals surface area contributed by atoms with E-state index in [1.54, 1.807) is 9.80 Å². The molecule has 1 saturated heterocycles. The van der Waals surface area contributed by atoms with Crippen molar-refractivity contribution in [2.45, 2.75) is 6.92 Å². The van der Waals surface area contributed by atoms with E-state index in [9.17, 15) is 9.59 Å². The first-order valence-electron chi connectivity index (χ1n) is 9.78. The maximum atomic E-state index is 12.4. The molecule has 7 heteroatoms. The van der Waals surface area contributed by atoms with Gasteiger partial charge in [0.2, 0.25) is 5.91 Å². The quantitative estimate of drug-likeness (QED) is 0.730. The second-order valence-electron chi connectivity index (χ2n) is 6.88. The lowest BCUT2D eigenvalue weighted by Gasteiger charge is -2.34. The highest BCUT2D eigenvalue weighted by Gasteiger charge is 2.24. The van der Waals surface area contributed by atoms with E-state index in [1.807, 2.05) is 61.5 Å². The highest BCUT2D eigenvalue weighted by atomic mass is 16.5. The van der Waals surface area contributed by atoms with E-state index >= 15 is 0 Å². The molecule has 1 aliphatic rings. The number of ether oxygens (including phenoxy) is 2. The Bertz CT molecular complexity index is 805. The standard InChI is InChI=1S/C22H27N3O4/c1-18-6-5-7-19(16-18)23-22(27)25-12-10-24(11-13-25)21(26)17-28-14-15-29-20-8-3-2-4-9-20/h2-9,16H,10-15,17H2,1H3,(H,23,27). The van der Waals surface area contributed by atoms with E-state index < -0.39 is 0 Å². The van der Waals surface area contributed by atoms with Gasteiger partial charge in [0.25, 0.3) is 0 Å². The molecule has 154 valence electrons. The highest BCUT2D eigenvalue weighted by Crippen LogP contribution is 2.12. The van der Waals surface area contributed by atoms with Crippen LogP contribution in [0.2, 0.25) is 0 Å². The number of urea groups is 1. The van der Waals surface area contributed by atoms with Gasteiger partial charge in [0.1, 0.15) is 19.0 Å². The van der Waals surface area contributed by atoms with Gasteiger partial charge in [-0.1, -0.05) is 30.3 Å². The maximum Gasteiger partial charge on any atom is 0.321 e. The minimum atomic E-state index is -0.142. The minimum Gasteiger partial charge on any atom is -0.491 e. The molecule has 0 bridgehead atoms. The Kier molecular flexibility index (Phi) is 7.47. The van der Waals surface area contributed by atoms with E-state index in [2.05, 4.69) is 5.32 Å². The summed E-state index contributed by atoms with van der Waals surface area (Å²) in [4.78, 5) is 28.1. The van der Waals surface area contributed by atoms with Crippen molar-refractivity contribution in [2.75, 3.05) is 51.3 Å². The number of amides is 3. The molecule has 2 aromatic carbocycles. The second-order valence-corrected chi connectivity index (χ2v) is 6.88. The third-order valence-electron chi connectivity index (χ3n) is 4.65. The number of hydrogen-bond donors (Lipinski definition) is 1. The van der Waals surface area contributed by atoms with Crippen molar-refractivity contribution in [3.63, 3.8) is 0 Å². The fraction of sp³-hybridized carbons (Fsp3) is 0.364. The van der Waals surface area contributed by atoms with Gasteiger partial charge in [0.15, 0.2) is 0 Å². The lowest BCUT2D eigenvalue weighted by molar-refractivity contribution is -0.137. The van der Waals surface area contributed by atoms with Crippen molar-refractivity contribution in [3.05, 3.63) is 60.2 Å². The number of hydrogen-bond acceptors (Lipinski definition) is 4. The number of aryl methyl sites for hydroxylation is 1. The summed E-state index contributed by atoms with van der Waals surface area (Å²) in [5.74, 6) is 0.714. The first-order chi connectivity index (χ1) is 14.1. The average Bonchev–Trinajstić information content (AvgIpc) is 2.74. The summed E-state index contributed by atoms with van der Waals surface area (Å²) in [5, 5.41) is 2.90. The van der Waals surface area contributed by atoms with Crippen LogP contribution in [0, 0.1) is 6.92 Å². The van der Waals surface area contributed by atoms with Crippen LogP contribution in [0.15, 0.2) is 54.6 Å². The molecule has 0 spiro atoms. The van der Waals surface area contributed by atoms with Crippen LogP contribution in [-0.4, -0.2) is 67.7 Å². The molecule has 3 rings (SSSR count). The number of rotatable bonds is 7. The number of anilines is 1. The van der Waals surface area contributed by atoms with E-state index in [0.717, 1.165) is 17.0 Å². The Morgan fingerprint density at radius 3 is 2.38 bits per heavy atom. The van der Waals surface area contributed by atoms with Crippen molar-refractivity contribution in [3.8, 4) is 5.75 Å². The first kappa shape index (κ1) is 20.7. The third-order valence-corrected chi connectivity index (χ3v) is 4.65. The Labute approximate surface area is 171 Å². The Morgan fingerprint density at radius 1 is 0.931 bits per heavy atom. The number of benzene rings is 2. The van der Waals surface area contributed by atoms with Crippen LogP contribution in [-0.2, 0) is 9.53 Å². The summed E-state index contributed by atoms with van der Waals surface area (Å²) in [7, 11) is 0. The molecule has 1 aliphatic heterocycles. The van der Waals surface area contributed by atoms with E-state index in [1.165, 1.54) is 0 Å². The van der Waals surface area contributed by atoms with Crippen LogP contribution >= 0.6 is 0 Å². The fourth-order valence-corrected chi connectivity index (χ4v) is 3.07. The monoisotopic (exact) mass is 397 g/mol. The number of nitrogens with one attached hydrogen (secondary N) is 1. The zero-order chi connectivity index (χ0) is 20.5. The molecule has 29 heavy (non-hydrogen) atoms. The Morgan fingerprint density at radius 2 is 1.66 bits per heavy atom. The predicted molar refractivity (Wildman–Crippen MR) is 111 cm³/mol. The minimum absolute atomic E-state index is 0.0215. The lowest BCUT2D eigenvalue weighted by Crippen LogP contribution is -2.52. The number of nitrogens with zero attached hydrogens (tertiary/aromatic N) is 2. The summed E-state index contributed by atoms with van der Waals surface area (Å²) in [6, 6.07) is 17.0. The van der Waals surface area contributed by atoms with Crippen molar-refractivity contribution < 1.29 is 19.1 Å². The largest absolute Gasteiger partial charge is 0.491 e. The molecule has 2 aromatic rings. The molecule has 0 saturated carbocycles. The molecular weight excluding hydrogens is 370 g/mol. The number of para-hydroxylation sites is 1. The van der Waals surface area contributed by atoms with Gasteiger partial charge < -0.3 is 24.6 Å². The summed E-state index contributed by atoms with van der Waals surface area (Å²) in [6.45, 7) is 4.75. The molecule has 0 radical (unpaired) electrons. The first-order valence-corrected chi connectivity index (χ1v) is 9.78. The SMILES string of the molecule is Cc1cccc(NC(=O)N2CCN(C(=O)COCCOc3ccccc3)CC2)c1. The van der Waals surface area contributed by atoms with Crippen molar-refractivity contribution >= 4 is 17.6 Å². The molecule has 3 amide bonds. The summed E-state index contributed by atoms with van der Waals surface area (Å²) in [6.07, 6.45) is 0. The van der Waals surface area contributed by atoms with Gasteiger partial charge in [0, 0.05) is 31.9 Å². The van der Waals surface area contributed by atoms with Gasteiger partial charge in [-0.05, 0) is 36.8 Å². The fourth-order valence-electron chi connectivity index (χ4n) is 3.07. The maximum absolute atomic E-state index is 12.4. The van der Waals surface area contributed by atoms with Crippen LogP contribution in [0.1, 0.15) is 5.56 Å². The van der Waals surface area contributed by atoms with E-state index in [-0.39, 0.29) is 18.5 Å². The number of piperazine rings is 1. The zero-order valence-electron chi connectivity index (χ0n) is 16.7. The molecule has 0 atom stereocenters. The van der Waals surface area contributed by atoms with Crippen LogP contribution < -0.4 is 10.1 Å². The molecule has 0 aromatic heterocycles. The summed E-state index contributed by atoms with van der Waals surface area (Å²) >= 11 is 0. The molecule has 1 fully saturated rings. The third kappa shape index (κ3) is 6.50. The molecule has 1 heterocycles. The summed E-state index contributed by atoms with van der Waals surface area (Å²) < 4.78 is 11.0. The molecule has 0 aliphatic carbocycles. The van der Waals surface area contributed by atoms with Gasteiger partial charge in [-0.15, -0.1) is 0 Å². The van der Waals surface area contributed by atoms with E-state index in [0.29, 0.717) is 39.4 Å². The van der Waals surface area contributed by atoms with Gasteiger partial charge in [-0.2, -0.15) is 0 Å². The smallest absolute Gasteiger partial charge is 0.321 e. The average molecular weight is 397 g/mol. The van der Waals surface area contributed by atoms with Crippen LogP contribution in [0.25, 0.3) is 0 Å². The number of carbonyl (C=O) groups is 2. The molecule has 0 unspecified atom stereocenters. The van der Waals surface area contributed by atoms with Crippen LogP contribution in [0.3, 0.4) is 0 Å².